The summed E-state index contributed by atoms with van der Waals surface area (Å²) >= 11 is 0. The summed E-state index contributed by atoms with van der Waals surface area (Å²) < 4.78 is 5.50. The molecule has 0 saturated carbocycles. The van der Waals surface area contributed by atoms with E-state index in [1.807, 2.05) is 43.3 Å². The molecule has 0 spiro atoms. The largest absolute Gasteiger partial charge is 0.378 e. The molecule has 5 rings (SSSR count). The molecule has 9 heteroatoms. The van der Waals surface area contributed by atoms with Crippen LogP contribution in [0.15, 0.2) is 61.2 Å². The second-order valence-electron chi connectivity index (χ2n) is 8.00. The van der Waals surface area contributed by atoms with Gasteiger partial charge in [-0.1, -0.05) is 18.7 Å². The van der Waals surface area contributed by atoms with Crippen molar-refractivity contribution in [3.63, 3.8) is 0 Å². The average Bonchev–Trinajstić information content (AvgIpc) is 3.28. The van der Waals surface area contributed by atoms with Gasteiger partial charge in [0.15, 0.2) is 11.6 Å². The van der Waals surface area contributed by atoms with Gasteiger partial charge in [-0.2, -0.15) is 5.10 Å². The zero-order valence-electron chi connectivity index (χ0n) is 18.8. The van der Waals surface area contributed by atoms with Crippen molar-refractivity contribution in [1.82, 2.24) is 20.2 Å². The van der Waals surface area contributed by atoms with Crippen LogP contribution in [-0.4, -0.2) is 52.4 Å². The number of nitrogens with one attached hydrogen (secondary N) is 3. The van der Waals surface area contributed by atoms with Gasteiger partial charge in [-0.05, 0) is 43.3 Å². The number of carbonyl (C=O) groups is 1. The Hall–Kier alpha value is -4.24. The van der Waals surface area contributed by atoms with E-state index in [9.17, 15) is 4.79 Å². The summed E-state index contributed by atoms with van der Waals surface area (Å²) in [5.41, 5.74) is 4.12. The number of hydrogen-bond acceptors (Lipinski definition) is 7. The SMILES string of the molecule is C=CC(=O)Nc1ccccc1-c1nc(Nc2cc(C)[nH]n2)c2ccc(N3CCOCC3)cc2n1. The molecule has 4 aromatic rings. The molecule has 9 nitrogen and oxygen atoms in total. The van der Waals surface area contributed by atoms with Crippen LogP contribution in [0.2, 0.25) is 0 Å². The summed E-state index contributed by atoms with van der Waals surface area (Å²) in [6.07, 6.45) is 1.24. The van der Waals surface area contributed by atoms with Gasteiger partial charge in [-0.25, -0.2) is 9.97 Å². The minimum absolute atomic E-state index is 0.298. The van der Waals surface area contributed by atoms with Gasteiger partial charge in [0.1, 0.15) is 5.82 Å². The van der Waals surface area contributed by atoms with E-state index >= 15 is 0 Å². The number of aryl methyl sites for hydroxylation is 1. The number of benzene rings is 2. The summed E-state index contributed by atoms with van der Waals surface area (Å²) in [5.74, 6) is 1.48. The number of morpholine rings is 1. The number of nitrogens with zero attached hydrogens (tertiary/aromatic N) is 4. The number of amides is 1. The number of aromatic nitrogens is 4. The molecule has 1 amide bonds. The molecule has 3 heterocycles. The fourth-order valence-electron chi connectivity index (χ4n) is 3.93. The Labute approximate surface area is 196 Å². The Morgan fingerprint density at radius 2 is 1.97 bits per heavy atom. The number of anilines is 4. The van der Waals surface area contributed by atoms with E-state index < -0.39 is 0 Å². The van der Waals surface area contributed by atoms with Crippen LogP contribution in [0.25, 0.3) is 22.3 Å². The Morgan fingerprint density at radius 3 is 2.74 bits per heavy atom. The molecule has 1 aliphatic rings. The highest BCUT2D eigenvalue weighted by atomic mass is 16.5. The standard InChI is InChI=1S/C25H25N7O2/c1-3-23(33)26-20-7-5-4-6-18(20)24-27-21-15-17(32-10-12-34-13-11-32)8-9-19(21)25(29-24)28-22-14-16(2)30-31-22/h3-9,14-15H,1,10-13H2,2H3,(H,26,33)(H2,27,28,29,30,31). The van der Waals surface area contributed by atoms with Crippen molar-refractivity contribution in [2.24, 2.45) is 0 Å². The van der Waals surface area contributed by atoms with E-state index in [1.54, 1.807) is 0 Å². The minimum Gasteiger partial charge on any atom is -0.378 e. The predicted octanol–water partition coefficient (Wildman–Crippen LogP) is 4.03. The third-order valence-electron chi connectivity index (χ3n) is 5.62. The molecule has 1 saturated heterocycles. The van der Waals surface area contributed by atoms with Crippen LogP contribution in [0.3, 0.4) is 0 Å². The van der Waals surface area contributed by atoms with Crippen molar-refractivity contribution in [1.29, 1.82) is 0 Å². The first-order chi connectivity index (χ1) is 16.6. The van der Waals surface area contributed by atoms with Gasteiger partial charge in [0.2, 0.25) is 5.91 Å². The number of H-pyrrole nitrogens is 1. The lowest BCUT2D eigenvalue weighted by molar-refractivity contribution is -0.111. The molecule has 2 aromatic carbocycles. The Bertz CT molecular complexity index is 1360. The van der Waals surface area contributed by atoms with Crippen molar-refractivity contribution >= 4 is 39.8 Å². The number of rotatable bonds is 6. The predicted molar refractivity (Wildman–Crippen MR) is 133 cm³/mol. The van der Waals surface area contributed by atoms with E-state index in [-0.39, 0.29) is 5.91 Å². The zero-order valence-corrected chi connectivity index (χ0v) is 18.8. The normalized spacial score (nSPS) is 13.6. The average molecular weight is 456 g/mol. The third-order valence-corrected chi connectivity index (χ3v) is 5.62. The fourth-order valence-corrected chi connectivity index (χ4v) is 3.93. The first-order valence-corrected chi connectivity index (χ1v) is 11.1. The van der Waals surface area contributed by atoms with Crippen molar-refractivity contribution in [3.05, 3.63) is 66.9 Å². The molecule has 0 radical (unpaired) electrons. The highest BCUT2D eigenvalue weighted by molar-refractivity contribution is 6.02. The Kier molecular flexibility index (Phi) is 5.92. The number of fused-ring (bicyclic) bond motifs is 1. The van der Waals surface area contributed by atoms with Gasteiger partial charge in [0, 0.05) is 41.5 Å². The lowest BCUT2D eigenvalue weighted by atomic mass is 10.1. The second kappa shape index (κ2) is 9.32. The molecule has 172 valence electrons. The quantitative estimate of drug-likeness (QED) is 0.377. The first-order valence-electron chi connectivity index (χ1n) is 11.1. The lowest BCUT2D eigenvalue weighted by Crippen LogP contribution is -2.36. The van der Waals surface area contributed by atoms with Crippen LogP contribution in [0.5, 0.6) is 0 Å². The van der Waals surface area contributed by atoms with Gasteiger partial charge in [-0.15, -0.1) is 0 Å². The number of para-hydroxylation sites is 1. The smallest absolute Gasteiger partial charge is 0.247 e. The molecule has 1 fully saturated rings. The molecule has 0 atom stereocenters. The highest BCUT2D eigenvalue weighted by Crippen LogP contribution is 2.32. The van der Waals surface area contributed by atoms with E-state index in [0.717, 1.165) is 35.4 Å². The number of ether oxygens (including phenoxy) is 1. The maximum atomic E-state index is 12.0. The van der Waals surface area contributed by atoms with E-state index in [0.29, 0.717) is 41.9 Å². The highest BCUT2D eigenvalue weighted by Gasteiger charge is 2.17. The minimum atomic E-state index is -0.298. The van der Waals surface area contributed by atoms with Crippen LogP contribution in [-0.2, 0) is 9.53 Å². The second-order valence-corrected chi connectivity index (χ2v) is 8.00. The Morgan fingerprint density at radius 1 is 1.15 bits per heavy atom. The number of hydrogen-bond donors (Lipinski definition) is 3. The summed E-state index contributed by atoms with van der Waals surface area (Å²) in [6, 6.07) is 15.5. The Balaban J connectivity index is 1.64. The van der Waals surface area contributed by atoms with Crippen LogP contribution >= 0.6 is 0 Å². The molecule has 0 bridgehead atoms. The lowest BCUT2D eigenvalue weighted by Gasteiger charge is -2.29. The third kappa shape index (κ3) is 4.46. The summed E-state index contributed by atoms with van der Waals surface area (Å²) in [6.45, 7) is 8.55. The monoisotopic (exact) mass is 455 g/mol. The topological polar surface area (TPSA) is 108 Å². The van der Waals surface area contributed by atoms with Crippen molar-refractivity contribution < 1.29 is 9.53 Å². The molecular formula is C25H25N7O2. The molecule has 3 N–H and O–H groups in total. The van der Waals surface area contributed by atoms with Crippen LogP contribution in [0.4, 0.5) is 23.0 Å². The summed E-state index contributed by atoms with van der Waals surface area (Å²) in [5, 5.41) is 14.3. The summed E-state index contributed by atoms with van der Waals surface area (Å²) in [7, 11) is 0. The molecular weight excluding hydrogens is 430 g/mol. The van der Waals surface area contributed by atoms with Crippen molar-refractivity contribution in [3.8, 4) is 11.4 Å². The maximum Gasteiger partial charge on any atom is 0.247 e. The van der Waals surface area contributed by atoms with Crippen molar-refractivity contribution in [2.75, 3.05) is 41.8 Å². The molecule has 0 unspecified atom stereocenters. The van der Waals surface area contributed by atoms with Gasteiger partial charge < -0.3 is 20.3 Å². The van der Waals surface area contributed by atoms with Crippen LogP contribution < -0.4 is 15.5 Å². The fraction of sp³-hybridized carbons (Fsp3) is 0.200. The molecule has 2 aromatic heterocycles. The molecule has 0 aliphatic carbocycles. The molecule has 1 aliphatic heterocycles. The van der Waals surface area contributed by atoms with Gasteiger partial charge in [0.05, 0.1) is 24.4 Å². The van der Waals surface area contributed by atoms with Gasteiger partial charge >= 0.3 is 0 Å². The number of aromatic amines is 1. The van der Waals surface area contributed by atoms with Gasteiger partial charge in [0.25, 0.3) is 0 Å². The van der Waals surface area contributed by atoms with E-state index in [4.69, 9.17) is 14.7 Å². The maximum absolute atomic E-state index is 12.0. The van der Waals surface area contributed by atoms with Crippen molar-refractivity contribution in [2.45, 2.75) is 6.92 Å². The number of carbonyl (C=O) groups excluding carboxylic acids is 1. The van der Waals surface area contributed by atoms with E-state index in [2.05, 4.69) is 44.4 Å². The van der Waals surface area contributed by atoms with Crippen LogP contribution in [0.1, 0.15) is 5.69 Å². The van der Waals surface area contributed by atoms with E-state index in [1.165, 1.54) is 6.08 Å². The summed E-state index contributed by atoms with van der Waals surface area (Å²) in [4.78, 5) is 24.0. The van der Waals surface area contributed by atoms with Gasteiger partial charge in [-0.3, -0.25) is 9.89 Å². The zero-order chi connectivity index (χ0) is 23.5. The first kappa shape index (κ1) is 21.6. The van der Waals surface area contributed by atoms with Crippen LogP contribution in [0, 0.1) is 6.92 Å². The molecule has 34 heavy (non-hydrogen) atoms.